The number of ketones is 1. The SMILES string of the molecule is CC(=O)c1ccc(OCC(=O)N2CCN(C(C)c3nc(-c4ccc(C)cc4)no3)CC2)cc1. The lowest BCUT2D eigenvalue weighted by Crippen LogP contribution is -2.50. The lowest BCUT2D eigenvalue weighted by Gasteiger charge is -2.36. The number of piperazine rings is 1. The van der Waals surface area contributed by atoms with Crippen molar-refractivity contribution < 1.29 is 18.8 Å². The molecule has 1 amide bonds. The van der Waals surface area contributed by atoms with Crippen LogP contribution in [0, 0.1) is 6.92 Å². The van der Waals surface area contributed by atoms with E-state index in [2.05, 4.69) is 15.0 Å². The highest BCUT2D eigenvalue weighted by Gasteiger charge is 2.28. The van der Waals surface area contributed by atoms with E-state index in [1.165, 1.54) is 12.5 Å². The Morgan fingerprint density at radius 2 is 1.70 bits per heavy atom. The van der Waals surface area contributed by atoms with Crippen molar-refractivity contribution in [1.29, 1.82) is 0 Å². The van der Waals surface area contributed by atoms with Gasteiger partial charge in [0.05, 0.1) is 6.04 Å². The summed E-state index contributed by atoms with van der Waals surface area (Å²) in [7, 11) is 0. The zero-order valence-electron chi connectivity index (χ0n) is 19.2. The summed E-state index contributed by atoms with van der Waals surface area (Å²) in [6, 6.07) is 14.8. The Bertz CT molecular complexity index is 1100. The molecule has 2 aromatic carbocycles. The van der Waals surface area contributed by atoms with Crippen molar-refractivity contribution >= 4 is 11.7 Å². The van der Waals surface area contributed by atoms with Gasteiger partial charge in [0.25, 0.3) is 5.91 Å². The van der Waals surface area contributed by atoms with Crippen LogP contribution in [-0.2, 0) is 4.79 Å². The average molecular weight is 449 g/mol. The molecular formula is C25H28N4O4. The summed E-state index contributed by atoms with van der Waals surface area (Å²) in [5.74, 6) is 1.66. The van der Waals surface area contributed by atoms with Gasteiger partial charge in [-0.05, 0) is 45.0 Å². The average Bonchev–Trinajstić information content (AvgIpc) is 3.33. The van der Waals surface area contributed by atoms with Crippen molar-refractivity contribution in [2.45, 2.75) is 26.8 Å². The van der Waals surface area contributed by atoms with Gasteiger partial charge < -0.3 is 14.2 Å². The maximum atomic E-state index is 12.6. The van der Waals surface area contributed by atoms with Crippen molar-refractivity contribution in [3.8, 4) is 17.1 Å². The molecule has 1 unspecified atom stereocenters. The zero-order chi connectivity index (χ0) is 23.4. The van der Waals surface area contributed by atoms with Crippen LogP contribution >= 0.6 is 0 Å². The molecule has 33 heavy (non-hydrogen) atoms. The topological polar surface area (TPSA) is 88.8 Å². The summed E-state index contributed by atoms with van der Waals surface area (Å²) in [4.78, 5) is 32.5. The Kier molecular flexibility index (Phi) is 6.84. The minimum Gasteiger partial charge on any atom is -0.484 e. The zero-order valence-corrected chi connectivity index (χ0v) is 19.2. The molecule has 1 saturated heterocycles. The van der Waals surface area contributed by atoms with Gasteiger partial charge in [-0.15, -0.1) is 0 Å². The molecule has 0 saturated carbocycles. The van der Waals surface area contributed by atoms with Crippen LogP contribution in [0.5, 0.6) is 5.75 Å². The number of carbonyl (C=O) groups is 2. The van der Waals surface area contributed by atoms with Crippen molar-refractivity contribution in [1.82, 2.24) is 19.9 Å². The van der Waals surface area contributed by atoms with E-state index < -0.39 is 0 Å². The Morgan fingerprint density at radius 3 is 2.33 bits per heavy atom. The lowest BCUT2D eigenvalue weighted by atomic mass is 10.1. The molecule has 0 spiro atoms. The van der Waals surface area contributed by atoms with E-state index in [1.807, 2.05) is 38.1 Å². The first-order chi connectivity index (χ1) is 15.9. The van der Waals surface area contributed by atoms with Gasteiger partial charge in [0, 0.05) is 37.3 Å². The molecule has 0 radical (unpaired) electrons. The van der Waals surface area contributed by atoms with Gasteiger partial charge in [0.1, 0.15) is 5.75 Å². The highest BCUT2D eigenvalue weighted by Crippen LogP contribution is 2.24. The second-order valence-corrected chi connectivity index (χ2v) is 8.28. The van der Waals surface area contributed by atoms with Crippen LogP contribution in [0.4, 0.5) is 0 Å². The second kappa shape index (κ2) is 9.95. The summed E-state index contributed by atoms with van der Waals surface area (Å²) in [5.41, 5.74) is 2.72. The molecule has 1 aromatic heterocycles. The molecule has 2 heterocycles. The normalized spacial score (nSPS) is 15.3. The number of aryl methyl sites for hydroxylation is 1. The van der Waals surface area contributed by atoms with E-state index in [-0.39, 0.29) is 24.3 Å². The summed E-state index contributed by atoms with van der Waals surface area (Å²) in [6.45, 7) is 8.20. The molecular weight excluding hydrogens is 420 g/mol. The van der Waals surface area contributed by atoms with E-state index in [0.717, 1.165) is 5.56 Å². The minimum atomic E-state index is -0.0580. The molecule has 1 aliphatic rings. The smallest absolute Gasteiger partial charge is 0.260 e. The van der Waals surface area contributed by atoms with E-state index >= 15 is 0 Å². The third-order valence-electron chi connectivity index (χ3n) is 5.95. The maximum Gasteiger partial charge on any atom is 0.260 e. The number of hydrogen-bond acceptors (Lipinski definition) is 7. The summed E-state index contributed by atoms with van der Waals surface area (Å²) < 4.78 is 11.1. The van der Waals surface area contributed by atoms with Crippen LogP contribution in [0.3, 0.4) is 0 Å². The number of ether oxygens (including phenoxy) is 1. The fourth-order valence-electron chi connectivity index (χ4n) is 3.76. The van der Waals surface area contributed by atoms with Crippen LogP contribution in [0.2, 0.25) is 0 Å². The van der Waals surface area contributed by atoms with Crippen molar-refractivity contribution in [3.05, 3.63) is 65.5 Å². The van der Waals surface area contributed by atoms with Gasteiger partial charge in [-0.25, -0.2) is 0 Å². The van der Waals surface area contributed by atoms with E-state index in [9.17, 15) is 9.59 Å². The molecule has 0 N–H and O–H groups in total. The van der Waals surface area contributed by atoms with Crippen LogP contribution in [0.15, 0.2) is 53.1 Å². The molecule has 4 rings (SSSR count). The number of hydrogen-bond donors (Lipinski definition) is 0. The molecule has 0 bridgehead atoms. The Balaban J connectivity index is 1.27. The molecule has 172 valence electrons. The van der Waals surface area contributed by atoms with E-state index in [1.54, 1.807) is 29.2 Å². The predicted octanol–water partition coefficient (Wildman–Crippen LogP) is 3.53. The van der Waals surface area contributed by atoms with Crippen molar-refractivity contribution in [2.24, 2.45) is 0 Å². The Morgan fingerprint density at radius 1 is 1.03 bits per heavy atom. The second-order valence-electron chi connectivity index (χ2n) is 8.28. The summed E-state index contributed by atoms with van der Waals surface area (Å²) >= 11 is 0. The standard InChI is InChI=1S/C25H28N4O4/c1-17-4-6-21(7-5-17)24-26-25(33-27-24)18(2)28-12-14-29(15-13-28)23(31)16-32-22-10-8-20(9-11-22)19(3)30/h4-11,18H,12-16H2,1-3H3. The van der Waals surface area contributed by atoms with Crippen LogP contribution < -0.4 is 4.74 Å². The molecule has 8 heteroatoms. The fraction of sp³-hybridized carbons (Fsp3) is 0.360. The third-order valence-corrected chi connectivity index (χ3v) is 5.95. The quantitative estimate of drug-likeness (QED) is 0.511. The number of nitrogens with zero attached hydrogens (tertiary/aromatic N) is 4. The number of Topliss-reactive ketones (excluding diaryl/α,β-unsaturated/α-hetero) is 1. The predicted molar refractivity (Wildman–Crippen MR) is 123 cm³/mol. The molecule has 0 aliphatic carbocycles. The maximum absolute atomic E-state index is 12.6. The number of amides is 1. The largest absolute Gasteiger partial charge is 0.484 e. The Hall–Kier alpha value is -3.52. The molecule has 3 aromatic rings. The van der Waals surface area contributed by atoms with E-state index in [0.29, 0.717) is 49.2 Å². The molecule has 8 nitrogen and oxygen atoms in total. The van der Waals surface area contributed by atoms with Crippen molar-refractivity contribution in [3.63, 3.8) is 0 Å². The van der Waals surface area contributed by atoms with Gasteiger partial charge in [0.2, 0.25) is 11.7 Å². The number of rotatable bonds is 7. The van der Waals surface area contributed by atoms with Crippen LogP contribution in [-0.4, -0.2) is 64.4 Å². The number of carbonyl (C=O) groups excluding carboxylic acids is 2. The highest BCUT2D eigenvalue weighted by molar-refractivity contribution is 5.94. The molecule has 1 fully saturated rings. The highest BCUT2D eigenvalue weighted by atomic mass is 16.5. The molecule has 1 atom stereocenters. The van der Waals surface area contributed by atoms with Gasteiger partial charge in [0.15, 0.2) is 12.4 Å². The first-order valence-corrected chi connectivity index (χ1v) is 11.1. The first-order valence-electron chi connectivity index (χ1n) is 11.1. The minimum absolute atomic E-state index is 0.00312. The fourth-order valence-corrected chi connectivity index (χ4v) is 3.76. The van der Waals surface area contributed by atoms with Gasteiger partial charge in [-0.1, -0.05) is 35.0 Å². The third kappa shape index (κ3) is 5.46. The molecule has 1 aliphatic heterocycles. The Labute approximate surface area is 193 Å². The first kappa shape index (κ1) is 22.7. The van der Waals surface area contributed by atoms with Crippen molar-refractivity contribution in [2.75, 3.05) is 32.8 Å². The van der Waals surface area contributed by atoms with Gasteiger partial charge >= 0.3 is 0 Å². The van der Waals surface area contributed by atoms with Crippen LogP contribution in [0.25, 0.3) is 11.4 Å². The number of aromatic nitrogens is 2. The monoisotopic (exact) mass is 448 g/mol. The van der Waals surface area contributed by atoms with E-state index in [4.69, 9.17) is 9.26 Å². The lowest BCUT2D eigenvalue weighted by molar-refractivity contribution is -0.135. The summed E-state index contributed by atoms with van der Waals surface area (Å²) in [6.07, 6.45) is 0. The van der Waals surface area contributed by atoms with Gasteiger partial charge in [-0.2, -0.15) is 4.98 Å². The number of benzene rings is 2. The van der Waals surface area contributed by atoms with Gasteiger partial charge in [-0.3, -0.25) is 14.5 Å². The van der Waals surface area contributed by atoms with Crippen LogP contribution in [0.1, 0.15) is 41.7 Å². The summed E-state index contributed by atoms with van der Waals surface area (Å²) in [5, 5.41) is 4.13.